The molecular weight excluding hydrogens is 452 g/mol. The molecule has 0 aliphatic heterocycles. The number of hydrogen-bond acceptors (Lipinski definition) is 5. The van der Waals surface area contributed by atoms with Gasteiger partial charge in [0.05, 0.1) is 16.1 Å². The molecule has 0 radical (unpaired) electrons. The Hall–Kier alpha value is -3.65. The van der Waals surface area contributed by atoms with Crippen LogP contribution in [0.1, 0.15) is 35.3 Å². The van der Waals surface area contributed by atoms with Gasteiger partial charge in [-0.15, -0.1) is 0 Å². The zero-order valence-electron chi connectivity index (χ0n) is 19.6. The van der Waals surface area contributed by atoms with Gasteiger partial charge in [0, 0.05) is 12.7 Å². The minimum Gasteiger partial charge on any atom is -0.449 e. The molecule has 0 heterocycles. The molecule has 178 valence electrons. The number of amides is 1. The topological polar surface area (TPSA) is 92.8 Å². The van der Waals surface area contributed by atoms with Crippen LogP contribution in [0, 0.1) is 6.92 Å². The van der Waals surface area contributed by atoms with E-state index in [1.165, 1.54) is 38.2 Å². The molecule has 1 atom stereocenters. The average Bonchev–Trinajstić information content (AvgIpc) is 2.84. The number of ether oxygens (including phenoxy) is 1. The maximum Gasteiger partial charge on any atom is 0.338 e. The van der Waals surface area contributed by atoms with Crippen LogP contribution in [0.25, 0.3) is 0 Å². The standard InChI is InChI=1S/C26H28N2O5S/c1-5-20-11-13-22(14-12-20)27-25(29)19(3)33-26(30)21-7-6-8-24(17-21)34(31,32)28(4)23-15-9-18(2)10-16-23/h6-17,19H,5H2,1-4H3,(H,27,29). The maximum absolute atomic E-state index is 13.1. The molecule has 8 heteroatoms. The molecule has 0 saturated carbocycles. The van der Waals surface area contributed by atoms with Crippen molar-refractivity contribution >= 4 is 33.3 Å². The van der Waals surface area contributed by atoms with Crippen molar-refractivity contribution in [3.05, 3.63) is 89.5 Å². The highest BCUT2D eigenvalue weighted by molar-refractivity contribution is 7.92. The highest BCUT2D eigenvalue weighted by Gasteiger charge is 2.24. The van der Waals surface area contributed by atoms with E-state index in [4.69, 9.17) is 4.74 Å². The minimum atomic E-state index is -3.91. The van der Waals surface area contributed by atoms with E-state index in [0.29, 0.717) is 11.4 Å². The quantitative estimate of drug-likeness (QED) is 0.477. The Labute approximate surface area is 200 Å². The van der Waals surface area contributed by atoms with Gasteiger partial charge in [-0.1, -0.05) is 42.8 Å². The Kier molecular flexibility index (Phi) is 7.73. The summed E-state index contributed by atoms with van der Waals surface area (Å²) < 4.78 is 32.6. The van der Waals surface area contributed by atoms with Gasteiger partial charge in [-0.2, -0.15) is 0 Å². The third kappa shape index (κ3) is 5.82. The summed E-state index contributed by atoms with van der Waals surface area (Å²) in [6, 6.07) is 20.0. The van der Waals surface area contributed by atoms with E-state index in [-0.39, 0.29) is 10.5 Å². The monoisotopic (exact) mass is 480 g/mol. The van der Waals surface area contributed by atoms with Crippen LogP contribution in [0.3, 0.4) is 0 Å². The Morgan fingerprint density at radius 3 is 2.26 bits per heavy atom. The average molecular weight is 481 g/mol. The molecular formula is C26H28N2O5S. The van der Waals surface area contributed by atoms with Crippen LogP contribution in [0.15, 0.2) is 77.7 Å². The Morgan fingerprint density at radius 2 is 1.65 bits per heavy atom. The predicted molar refractivity (Wildman–Crippen MR) is 133 cm³/mol. The number of nitrogens with one attached hydrogen (secondary N) is 1. The molecule has 0 fully saturated rings. The molecule has 1 unspecified atom stereocenters. The van der Waals surface area contributed by atoms with Gasteiger partial charge in [-0.05, 0) is 68.3 Å². The largest absolute Gasteiger partial charge is 0.449 e. The number of nitrogens with zero attached hydrogens (tertiary/aromatic N) is 1. The Bertz CT molecular complexity index is 1270. The second-order valence-corrected chi connectivity index (χ2v) is 9.89. The van der Waals surface area contributed by atoms with E-state index < -0.39 is 28.0 Å². The molecule has 34 heavy (non-hydrogen) atoms. The van der Waals surface area contributed by atoms with Crippen molar-refractivity contribution in [1.29, 1.82) is 0 Å². The Morgan fingerprint density at radius 1 is 1.00 bits per heavy atom. The van der Waals surface area contributed by atoms with E-state index in [0.717, 1.165) is 21.9 Å². The molecule has 0 spiro atoms. The zero-order valence-corrected chi connectivity index (χ0v) is 20.4. The summed E-state index contributed by atoms with van der Waals surface area (Å²) in [4.78, 5) is 25.0. The number of carbonyl (C=O) groups is 2. The molecule has 0 saturated heterocycles. The summed E-state index contributed by atoms with van der Waals surface area (Å²) in [5.41, 5.74) is 3.27. The maximum atomic E-state index is 13.1. The van der Waals surface area contributed by atoms with Gasteiger partial charge in [0.2, 0.25) is 0 Å². The van der Waals surface area contributed by atoms with Gasteiger partial charge in [0.15, 0.2) is 6.10 Å². The fourth-order valence-corrected chi connectivity index (χ4v) is 4.43. The molecule has 3 aromatic carbocycles. The SMILES string of the molecule is CCc1ccc(NC(=O)C(C)OC(=O)c2cccc(S(=O)(=O)N(C)c3ccc(C)cc3)c2)cc1. The van der Waals surface area contributed by atoms with Crippen LogP contribution in [0.2, 0.25) is 0 Å². The number of anilines is 2. The number of carbonyl (C=O) groups excluding carboxylic acids is 2. The van der Waals surface area contributed by atoms with Crippen molar-refractivity contribution in [3.63, 3.8) is 0 Å². The van der Waals surface area contributed by atoms with E-state index in [2.05, 4.69) is 5.32 Å². The van der Waals surface area contributed by atoms with Crippen molar-refractivity contribution in [2.75, 3.05) is 16.7 Å². The molecule has 0 aromatic heterocycles. The fraction of sp³-hybridized carbons (Fsp3) is 0.231. The molecule has 0 aliphatic rings. The normalized spacial score (nSPS) is 12.0. The lowest BCUT2D eigenvalue weighted by molar-refractivity contribution is -0.123. The van der Waals surface area contributed by atoms with Crippen molar-refractivity contribution < 1.29 is 22.7 Å². The number of aryl methyl sites for hydroxylation is 2. The highest BCUT2D eigenvalue weighted by atomic mass is 32.2. The van der Waals surface area contributed by atoms with Gasteiger partial charge >= 0.3 is 5.97 Å². The number of sulfonamides is 1. The molecule has 3 rings (SSSR count). The summed E-state index contributed by atoms with van der Waals surface area (Å²) in [6.45, 7) is 5.41. The first-order chi connectivity index (χ1) is 16.1. The third-order valence-corrected chi connectivity index (χ3v) is 7.19. The first-order valence-corrected chi connectivity index (χ1v) is 12.3. The second-order valence-electron chi connectivity index (χ2n) is 7.92. The van der Waals surface area contributed by atoms with Crippen molar-refractivity contribution in [3.8, 4) is 0 Å². The van der Waals surface area contributed by atoms with Crippen molar-refractivity contribution in [2.45, 2.75) is 38.2 Å². The van der Waals surface area contributed by atoms with Crippen molar-refractivity contribution in [2.24, 2.45) is 0 Å². The van der Waals surface area contributed by atoms with Crippen LogP contribution >= 0.6 is 0 Å². The zero-order chi connectivity index (χ0) is 24.9. The number of hydrogen-bond donors (Lipinski definition) is 1. The van der Waals surface area contributed by atoms with Crippen LogP contribution in [0.5, 0.6) is 0 Å². The summed E-state index contributed by atoms with van der Waals surface area (Å²) in [5.74, 6) is -1.28. The summed E-state index contributed by atoms with van der Waals surface area (Å²) in [7, 11) is -2.46. The number of esters is 1. The molecule has 3 aromatic rings. The lowest BCUT2D eigenvalue weighted by Crippen LogP contribution is -2.30. The van der Waals surface area contributed by atoms with Crippen LogP contribution in [-0.4, -0.2) is 33.4 Å². The summed E-state index contributed by atoms with van der Waals surface area (Å²) in [6.07, 6.45) is -0.188. The van der Waals surface area contributed by atoms with Gasteiger partial charge < -0.3 is 10.1 Å². The lowest BCUT2D eigenvalue weighted by atomic mass is 10.1. The van der Waals surface area contributed by atoms with E-state index in [9.17, 15) is 18.0 Å². The summed E-state index contributed by atoms with van der Waals surface area (Å²) in [5, 5.41) is 2.70. The molecule has 1 N–H and O–H groups in total. The number of rotatable bonds is 8. The van der Waals surface area contributed by atoms with Gasteiger partial charge in [-0.3, -0.25) is 9.10 Å². The second kappa shape index (κ2) is 10.5. The molecule has 0 aliphatic carbocycles. The van der Waals surface area contributed by atoms with Gasteiger partial charge in [0.1, 0.15) is 0 Å². The van der Waals surface area contributed by atoms with E-state index in [1.807, 2.05) is 38.1 Å². The molecule has 1 amide bonds. The molecule has 7 nitrogen and oxygen atoms in total. The highest BCUT2D eigenvalue weighted by Crippen LogP contribution is 2.23. The predicted octanol–water partition coefficient (Wildman–Crippen LogP) is 4.57. The van der Waals surface area contributed by atoms with E-state index in [1.54, 1.807) is 24.3 Å². The fourth-order valence-electron chi connectivity index (χ4n) is 3.18. The van der Waals surface area contributed by atoms with Gasteiger partial charge in [-0.25, -0.2) is 13.2 Å². The summed E-state index contributed by atoms with van der Waals surface area (Å²) >= 11 is 0. The van der Waals surface area contributed by atoms with Crippen LogP contribution in [0.4, 0.5) is 11.4 Å². The molecule has 0 bridgehead atoms. The third-order valence-electron chi connectivity index (χ3n) is 5.41. The van der Waals surface area contributed by atoms with Gasteiger partial charge in [0.25, 0.3) is 15.9 Å². The Balaban J connectivity index is 1.70. The number of benzene rings is 3. The van der Waals surface area contributed by atoms with E-state index >= 15 is 0 Å². The lowest BCUT2D eigenvalue weighted by Gasteiger charge is -2.20. The smallest absolute Gasteiger partial charge is 0.338 e. The first-order valence-electron chi connectivity index (χ1n) is 10.9. The minimum absolute atomic E-state index is 0.0327. The first kappa shape index (κ1) is 25.0. The van der Waals surface area contributed by atoms with Crippen molar-refractivity contribution in [1.82, 2.24) is 0 Å². The van der Waals surface area contributed by atoms with Crippen LogP contribution in [-0.2, 0) is 26.0 Å². The van der Waals surface area contributed by atoms with Crippen LogP contribution < -0.4 is 9.62 Å².